The third-order valence-electron chi connectivity index (χ3n) is 4.92. The average molecular weight is 292 g/mol. The highest BCUT2D eigenvalue weighted by molar-refractivity contribution is 5.41. The number of hydrogen-bond acceptors (Lipinski definition) is 6. The Kier molecular flexibility index (Phi) is 4.10. The number of nitrogens with two attached hydrogens (primary N) is 1. The number of aromatic nitrogens is 2. The van der Waals surface area contributed by atoms with E-state index in [1.54, 1.807) is 6.33 Å². The molecule has 1 aromatic heterocycles. The van der Waals surface area contributed by atoms with Gasteiger partial charge >= 0.3 is 0 Å². The van der Waals surface area contributed by atoms with Crippen molar-refractivity contribution in [2.24, 2.45) is 11.1 Å². The van der Waals surface area contributed by atoms with E-state index in [1.807, 2.05) is 6.07 Å². The Morgan fingerprint density at radius 3 is 2.71 bits per heavy atom. The van der Waals surface area contributed by atoms with Crippen molar-refractivity contribution in [2.45, 2.75) is 37.6 Å². The SMILES string of the molecule is NC1CC(c2cc(N3CCCC(CO)(CO)C3)ncn2)C1. The van der Waals surface area contributed by atoms with Crippen LogP contribution in [0.3, 0.4) is 0 Å². The minimum absolute atomic E-state index is 0.00934. The Morgan fingerprint density at radius 2 is 2.05 bits per heavy atom. The number of aliphatic hydroxyl groups is 2. The lowest BCUT2D eigenvalue weighted by Crippen LogP contribution is -2.48. The van der Waals surface area contributed by atoms with Gasteiger partial charge in [0.2, 0.25) is 0 Å². The van der Waals surface area contributed by atoms with Crippen LogP contribution in [0.4, 0.5) is 5.82 Å². The first kappa shape index (κ1) is 14.7. The summed E-state index contributed by atoms with van der Waals surface area (Å²) in [5, 5.41) is 19.2. The Balaban J connectivity index is 1.75. The van der Waals surface area contributed by atoms with Crippen molar-refractivity contribution in [1.82, 2.24) is 9.97 Å². The van der Waals surface area contributed by atoms with Crippen LogP contribution in [0.2, 0.25) is 0 Å². The van der Waals surface area contributed by atoms with Gasteiger partial charge < -0.3 is 20.8 Å². The summed E-state index contributed by atoms with van der Waals surface area (Å²) in [5.41, 5.74) is 6.50. The van der Waals surface area contributed by atoms with Crippen molar-refractivity contribution >= 4 is 5.82 Å². The van der Waals surface area contributed by atoms with Crippen LogP contribution < -0.4 is 10.6 Å². The zero-order valence-corrected chi connectivity index (χ0v) is 12.3. The van der Waals surface area contributed by atoms with E-state index >= 15 is 0 Å². The maximum absolute atomic E-state index is 9.59. The molecule has 0 radical (unpaired) electrons. The number of nitrogens with zero attached hydrogens (tertiary/aromatic N) is 3. The molecule has 6 heteroatoms. The summed E-state index contributed by atoms with van der Waals surface area (Å²) in [5.74, 6) is 1.35. The van der Waals surface area contributed by atoms with Crippen molar-refractivity contribution in [3.8, 4) is 0 Å². The number of hydrogen-bond donors (Lipinski definition) is 3. The first-order valence-electron chi connectivity index (χ1n) is 7.70. The van der Waals surface area contributed by atoms with E-state index < -0.39 is 5.41 Å². The first-order chi connectivity index (χ1) is 10.2. The van der Waals surface area contributed by atoms with Crippen LogP contribution >= 0.6 is 0 Å². The third-order valence-corrected chi connectivity index (χ3v) is 4.92. The van der Waals surface area contributed by atoms with Gasteiger partial charge in [-0.25, -0.2) is 9.97 Å². The Morgan fingerprint density at radius 1 is 1.29 bits per heavy atom. The summed E-state index contributed by atoms with van der Waals surface area (Å²) in [6.07, 6.45) is 5.41. The second-order valence-electron chi connectivity index (χ2n) is 6.57. The monoisotopic (exact) mass is 292 g/mol. The van der Waals surface area contributed by atoms with Gasteiger partial charge in [0, 0.05) is 42.2 Å². The molecule has 0 spiro atoms. The van der Waals surface area contributed by atoms with Crippen LogP contribution in [0.25, 0.3) is 0 Å². The van der Waals surface area contributed by atoms with Crippen LogP contribution in [0.5, 0.6) is 0 Å². The molecule has 2 aliphatic rings. The zero-order valence-electron chi connectivity index (χ0n) is 12.3. The van der Waals surface area contributed by atoms with E-state index in [-0.39, 0.29) is 13.2 Å². The van der Waals surface area contributed by atoms with Crippen molar-refractivity contribution < 1.29 is 10.2 Å². The van der Waals surface area contributed by atoms with Crippen LogP contribution in [0.1, 0.15) is 37.3 Å². The zero-order chi connectivity index (χ0) is 14.9. The number of rotatable bonds is 4. The van der Waals surface area contributed by atoms with Crippen LogP contribution in [-0.2, 0) is 0 Å². The van der Waals surface area contributed by atoms with E-state index in [9.17, 15) is 10.2 Å². The molecule has 0 aromatic carbocycles. The number of piperidine rings is 1. The lowest BCUT2D eigenvalue weighted by Gasteiger charge is -2.41. The molecule has 1 aliphatic heterocycles. The summed E-state index contributed by atoms with van der Waals surface area (Å²) >= 11 is 0. The summed E-state index contributed by atoms with van der Waals surface area (Å²) < 4.78 is 0. The minimum Gasteiger partial charge on any atom is -0.396 e. The van der Waals surface area contributed by atoms with Crippen molar-refractivity contribution in [1.29, 1.82) is 0 Å². The van der Waals surface area contributed by atoms with E-state index in [4.69, 9.17) is 5.73 Å². The highest BCUT2D eigenvalue weighted by atomic mass is 16.3. The Hall–Kier alpha value is -1.24. The Labute approximate surface area is 125 Å². The van der Waals surface area contributed by atoms with Gasteiger partial charge in [0.05, 0.1) is 13.2 Å². The predicted molar refractivity (Wildman–Crippen MR) is 80.0 cm³/mol. The van der Waals surface area contributed by atoms with Gasteiger partial charge in [-0.3, -0.25) is 0 Å². The molecule has 0 atom stereocenters. The summed E-state index contributed by atoms with van der Waals surface area (Å²) in [7, 11) is 0. The molecule has 6 nitrogen and oxygen atoms in total. The molecule has 2 heterocycles. The lowest BCUT2D eigenvalue weighted by atomic mass is 9.78. The molecule has 0 amide bonds. The minimum atomic E-state index is -0.414. The topological polar surface area (TPSA) is 95.5 Å². The number of aliphatic hydroxyl groups excluding tert-OH is 2. The molecule has 1 aromatic rings. The van der Waals surface area contributed by atoms with E-state index in [2.05, 4.69) is 14.9 Å². The smallest absolute Gasteiger partial charge is 0.132 e. The van der Waals surface area contributed by atoms with Crippen molar-refractivity contribution in [3.63, 3.8) is 0 Å². The molecule has 0 bridgehead atoms. The van der Waals surface area contributed by atoms with Crippen LogP contribution in [-0.4, -0.2) is 52.5 Å². The quantitative estimate of drug-likeness (QED) is 0.736. The van der Waals surface area contributed by atoms with Crippen molar-refractivity contribution in [3.05, 3.63) is 18.1 Å². The molecule has 0 unspecified atom stereocenters. The largest absolute Gasteiger partial charge is 0.396 e. The van der Waals surface area contributed by atoms with E-state index in [0.29, 0.717) is 18.5 Å². The molecule has 116 valence electrons. The second-order valence-corrected chi connectivity index (χ2v) is 6.57. The highest BCUT2D eigenvalue weighted by Crippen LogP contribution is 2.36. The molecule has 1 saturated carbocycles. The average Bonchev–Trinajstić information content (AvgIpc) is 2.52. The fourth-order valence-electron chi connectivity index (χ4n) is 3.37. The second kappa shape index (κ2) is 5.87. The molecule has 4 N–H and O–H groups in total. The van der Waals surface area contributed by atoms with Gasteiger partial charge in [-0.15, -0.1) is 0 Å². The van der Waals surface area contributed by atoms with Gasteiger partial charge in [0.25, 0.3) is 0 Å². The standard InChI is InChI=1S/C15H24N4O2/c16-12-4-11(5-12)13-6-14(18-10-17-13)19-3-1-2-15(7-19,8-20)9-21/h6,10-12,20-21H,1-5,7-9,16H2. The van der Waals surface area contributed by atoms with Crippen molar-refractivity contribution in [2.75, 3.05) is 31.2 Å². The summed E-state index contributed by atoms with van der Waals surface area (Å²) in [6.45, 7) is 1.56. The van der Waals surface area contributed by atoms with Crippen LogP contribution in [0.15, 0.2) is 12.4 Å². The fourth-order valence-corrected chi connectivity index (χ4v) is 3.37. The van der Waals surface area contributed by atoms with Gasteiger partial charge in [-0.1, -0.05) is 0 Å². The predicted octanol–water partition coefficient (Wildman–Crippen LogP) is 0.252. The molecule has 1 aliphatic carbocycles. The fraction of sp³-hybridized carbons (Fsp3) is 0.733. The normalized spacial score (nSPS) is 28.2. The molecule has 21 heavy (non-hydrogen) atoms. The molecular formula is C15H24N4O2. The molecule has 3 rings (SSSR count). The molecule has 2 fully saturated rings. The first-order valence-corrected chi connectivity index (χ1v) is 7.70. The van der Waals surface area contributed by atoms with Gasteiger partial charge in [-0.2, -0.15) is 0 Å². The molecule has 1 saturated heterocycles. The lowest BCUT2D eigenvalue weighted by molar-refractivity contribution is 0.0420. The van der Waals surface area contributed by atoms with Gasteiger partial charge in [0.15, 0.2) is 0 Å². The van der Waals surface area contributed by atoms with Gasteiger partial charge in [-0.05, 0) is 25.7 Å². The van der Waals surface area contributed by atoms with E-state index in [1.165, 1.54) is 0 Å². The van der Waals surface area contributed by atoms with Gasteiger partial charge in [0.1, 0.15) is 12.1 Å². The number of anilines is 1. The van der Waals surface area contributed by atoms with Crippen LogP contribution in [0, 0.1) is 5.41 Å². The summed E-state index contributed by atoms with van der Waals surface area (Å²) in [4.78, 5) is 10.9. The maximum atomic E-state index is 9.59. The summed E-state index contributed by atoms with van der Waals surface area (Å²) in [6, 6.07) is 2.35. The molecular weight excluding hydrogens is 268 g/mol. The van der Waals surface area contributed by atoms with E-state index in [0.717, 1.165) is 43.7 Å². The maximum Gasteiger partial charge on any atom is 0.132 e. The third kappa shape index (κ3) is 2.88. The highest BCUT2D eigenvalue weighted by Gasteiger charge is 2.35. The Bertz CT molecular complexity index is 486.